The molecule has 19 heavy (non-hydrogen) atoms. The van der Waals surface area contributed by atoms with Gasteiger partial charge in [0.25, 0.3) is 0 Å². The van der Waals surface area contributed by atoms with Crippen molar-refractivity contribution in [1.82, 2.24) is 9.38 Å². The van der Waals surface area contributed by atoms with Gasteiger partial charge in [0.2, 0.25) is 0 Å². The predicted molar refractivity (Wildman–Crippen MR) is 74.5 cm³/mol. The van der Waals surface area contributed by atoms with Crippen LogP contribution in [0.3, 0.4) is 0 Å². The first-order valence-electron chi connectivity index (χ1n) is 6.79. The molecular formula is C14H18N2O2S. The summed E-state index contributed by atoms with van der Waals surface area (Å²) in [6, 6.07) is 0. The van der Waals surface area contributed by atoms with Crippen molar-refractivity contribution in [2.75, 3.05) is 6.61 Å². The van der Waals surface area contributed by atoms with Gasteiger partial charge in [-0.3, -0.25) is 9.20 Å². The minimum Gasteiger partial charge on any atom is -0.378 e. The Hall–Kier alpha value is -1.20. The highest BCUT2D eigenvalue weighted by Crippen LogP contribution is 2.33. The van der Waals surface area contributed by atoms with E-state index in [1.807, 2.05) is 29.1 Å². The smallest absolute Gasteiger partial charge is 0.193 e. The number of ether oxygens (including phenoxy) is 1. The number of carbonyl (C=O) groups is 1. The Morgan fingerprint density at radius 3 is 3.16 bits per heavy atom. The molecular weight excluding hydrogens is 260 g/mol. The van der Waals surface area contributed by atoms with Gasteiger partial charge in [-0.2, -0.15) is 0 Å². The highest BCUT2D eigenvalue weighted by atomic mass is 32.1. The third-order valence-electron chi connectivity index (χ3n) is 3.63. The first-order valence-corrected chi connectivity index (χ1v) is 7.67. The second-order valence-corrected chi connectivity index (χ2v) is 6.03. The zero-order chi connectivity index (χ0) is 13.2. The summed E-state index contributed by atoms with van der Waals surface area (Å²) in [6.45, 7) is 2.79. The Morgan fingerprint density at radius 2 is 2.42 bits per heavy atom. The maximum atomic E-state index is 12.0. The highest BCUT2D eigenvalue weighted by Gasteiger charge is 2.31. The molecule has 2 aromatic rings. The summed E-state index contributed by atoms with van der Waals surface area (Å²) in [5.74, 6) is 0.818. The number of rotatable bonds is 6. The monoisotopic (exact) mass is 278 g/mol. The zero-order valence-corrected chi connectivity index (χ0v) is 11.9. The fourth-order valence-electron chi connectivity index (χ4n) is 2.67. The number of Topliss-reactive ketones (excluding diaryl/α,β-unsaturated/α-hetero) is 1. The third-order valence-corrected chi connectivity index (χ3v) is 4.40. The van der Waals surface area contributed by atoms with Crippen molar-refractivity contribution in [2.45, 2.75) is 38.7 Å². The van der Waals surface area contributed by atoms with Crippen LogP contribution in [0, 0.1) is 5.92 Å². The van der Waals surface area contributed by atoms with E-state index in [4.69, 9.17) is 4.74 Å². The van der Waals surface area contributed by atoms with Gasteiger partial charge in [0, 0.05) is 30.8 Å². The number of carbonyl (C=O) groups excluding carboxylic acids is 1. The lowest BCUT2D eigenvalue weighted by molar-refractivity contribution is -0.121. The van der Waals surface area contributed by atoms with Crippen LogP contribution in [-0.2, 0) is 16.0 Å². The van der Waals surface area contributed by atoms with Crippen LogP contribution in [0.2, 0.25) is 0 Å². The number of imidazole rings is 1. The van der Waals surface area contributed by atoms with Crippen LogP contribution < -0.4 is 0 Å². The number of hydrogen-bond donors (Lipinski definition) is 0. The summed E-state index contributed by atoms with van der Waals surface area (Å²) in [6.07, 6.45) is 7.53. The molecule has 1 aliphatic rings. The summed E-state index contributed by atoms with van der Waals surface area (Å²) >= 11 is 1.59. The van der Waals surface area contributed by atoms with Gasteiger partial charge in [0.15, 0.2) is 4.96 Å². The molecule has 0 saturated heterocycles. The molecule has 0 aromatic carbocycles. The van der Waals surface area contributed by atoms with Crippen molar-refractivity contribution >= 4 is 22.1 Å². The first-order chi connectivity index (χ1) is 9.24. The Morgan fingerprint density at radius 1 is 1.58 bits per heavy atom. The van der Waals surface area contributed by atoms with E-state index in [9.17, 15) is 4.79 Å². The normalized spacial score (nSPS) is 22.6. The van der Waals surface area contributed by atoms with Crippen molar-refractivity contribution in [3.8, 4) is 0 Å². The molecule has 0 N–H and O–H groups in total. The Labute approximate surface area is 116 Å². The van der Waals surface area contributed by atoms with E-state index in [0.29, 0.717) is 30.6 Å². The van der Waals surface area contributed by atoms with Gasteiger partial charge in [-0.25, -0.2) is 4.98 Å². The summed E-state index contributed by atoms with van der Waals surface area (Å²) in [4.78, 5) is 17.4. The van der Waals surface area contributed by atoms with Crippen LogP contribution in [0.15, 0.2) is 17.8 Å². The second kappa shape index (κ2) is 5.43. The SMILES string of the molecule is CCOC1CC(CC(=O)Cc2cn3ccsc3n2)C1. The Bertz CT molecular complexity index is 540. The van der Waals surface area contributed by atoms with Crippen molar-refractivity contribution in [1.29, 1.82) is 0 Å². The molecule has 1 fully saturated rings. The minimum absolute atomic E-state index is 0.297. The molecule has 0 spiro atoms. The van der Waals surface area contributed by atoms with E-state index in [1.54, 1.807) is 11.3 Å². The summed E-state index contributed by atoms with van der Waals surface area (Å²) < 4.78 is 7.49. The molecule has 0 radical (unpaired) electrons. The van der Waals surface area contributed by atoms with Gasteiger partial charge in [-0.1, -0.05) is 0 Å². The fourth-order valence-corrected chi connectivity index (χ4v) is 3.39. The van der Waals surface area contributed by atoms with Gasteiger partial charge in [0.1, 0.15) is 5.78 Å². The second-order valence-electron chi connectivity index (χ2n) is 5.16. The maximum absolute atomic E-state index is 12.0. The predicted octanol–water partition coefficient (Wildman–Crippen LogP) is 2.71. The van der Waals surface area contributed by atoms with Crippen LogP contribution in [0.5, 0.6) is 0 Å². The molecule has 1 saturated carbocycles. The van der Waals surface area contributed by atoms with Gasteiger partial charge in [-0.05, 0) is 25.7 Å². The molecule has 2 aromatic heterocycles. The molecule has 0 amide bonds. The third kappa shape index (κ3) is 2.87. The highest BCUT2D eigenvalue weighted by molar-refractivity contribution is 7.15. The van der Waals surface area contributed by atoms with E-state index < -0.39 is 0 Å². The maximum Gasteiger partial charge on any atom is 0.193 e. The van der Waals surface area contributed by atoms with E-state index in [0.717, 1.165) is 30.1 Å². The summed E-state index contributed by atoms with van der Waals surface area (Å²) in [5.41, 5.74) is 0.887. The van der Waals surface area contributed by atoms with Gasteiger partial charge >= 0.3 is 0 Å². The molecule has 5 heteroatoms. The van der Waals surface area contributed by atoms with Crippen LogP contribution in [0.4, 0.5) is 0 Å². The lowest BCUT2D eigenvalue weighted by Gasteiger charge is -2.34. The zero-order valence-electron chi connectivity index (χ0n) is 11.0. The largest absolute Gasteiger partial charge is 0.378 e. The van der Waals surface area contributed by atoms with E-state index in [2.05, 4.69) is 4.98 Å². The topological polar surface area (TPSA) is 43.6 Å². The molecule has 0 unspecified atom stereocenters. The molecule has 3 rings (SSSR count). The lowest BCUT2D eigenvalue weighted by atomic mass is 9.78. The quantitative estimate of drug-likeness (QED) is 0.816. The van der Waals surface area contributed by atoms with Gasteiger partial charge in [0.05, 0.1) is 18.2 Å². The number of aromatic nitrogens is 2. The van der Waals surface area contributed by atoms with Crippen molar-refractivity contribution in [3.05, 3.63) is 23.5 Å². The van der Waals surface area contributed by atoms with Gasteiger partial charge < -0.3 is 4.74 Å². The van der Waals surface area contributed by atoms with Crippen molar-refractivity contribution in [2.24, 2.45) is 5.92 Å². The molecule has 0 aliphatic heterocycles. The number of ketones is 1. The molecule has 0 bridgehead atoms. The molecule has 0 atom stereocenters. The Kier molecular flexibility index (Phi) is 3.66. The van der Waals surface area contributed by atoms with Crippen molar-refractivity contribution in [3.63, 3.8) is 0 Å². The van der Waals surface area contributed by atoms with Crippen molar-refractivity contribution < 1.29 is 9.53 Å². The minimum atomic E-state index is 0.297. The van der Waals surface area contributed by atoms with E-state index in [1.165, 1.54) is 0 Å². The first kappa shape index (κ1) is 12.8. The van der Waals surface area contributed by atoms with Crippen LogP contribution in [0.1, 0.15) is 31.9 Å². The lowest BCUT2D eigenvalue weighted by Crippen LogP contribution is -2.33. The van der Waals surface area contributed by atoms with E-state index in [-0.39, 0.29) is 0 Å². The molecule has 102 valence electrons. The molecule has 4 nitrogen and oxygen atoms in total. The molecule has 2 heterocycles. The van der Waals surface area contributed by atoms with Crippen LogP contribution in [-0.4, -0.2) is 27.9 Å². The number of hydrogen-bond acceptors (Lipinski definition) is 4. The standard InChI is InChI=1S/C14H18N2O2S/c1-2-18-13-6-10(7-13)5-12(17)8-11-9-16-3-4-19-14(16)15-11/h3-4,9-10,13H,2,5-8H2,1H3. The molecule has 1 aliphatic carbocycles. The van der Waals surface area contributed by atoms with Crippen LogP contribution in [0.25, 0.3) is 4.96 Å². The van der Waals surface area contributed by atoms with Crippen LogP contribution >= 0.6 is 11.3 Å². The number of fused-ring (bicyclic) bond motifs is 1. The Balaban J connectivity index is 1.48. The average molecular weight is 278 g/mol. The van der Waals surface area contributed by atoms with E-state index >= 15 is 0 Å². The summed E-state index contributed by atoms with van der Waals surface area (Å²) in [7, 11) is 0. The summed E-state index contributed by atoms with van der Waals surface area (Å²) in [5, 5.41) is 2.00. The fraction of sp³-hybridized carbons (Fsp3) is 0.571. The number of thiazole rings is 1. The number of nitrogens with zero attached hydrogens (tertiary/aromatic N) is 2. The average Bonchev–Trinajstić information content (AvgIpc) is 2.86. The van der Waals surface area contributed by atoms with Gasteiger partial charge in [-0.15, -0.1) is 11.3 Å².